The van der Waals surface area contributed by atoms with Gasteiger partial charge in [0.15, 0.2) is 5.82 Å². The van der Waals surface area contributed by atoms with Crippen molar-refractivity contribution in [1.29, 1.82) is 0 Å². The molecule has 0 bridgehead atoms. The van der Waals surface area contributed by atoms with Crippen LogP contribution >= 0.6 is 0 Å². The Morgan fingerprint density at radius 1 is 1.32 bits per heavy atom. The third kappa shape index (κ3) is 4.27. The van der Waals surface area contributed by atoms with Gasteiger partial charge in [0.05, 0.1) is 0 Å². The summed E-state index contributed by atoms with van der Waals surface area (Å²) in [4.78, 5) is 22.7. The molecule has 2 amide bonds. The zero-order chi connectivity index (χ0) is 16.1. The molecular formula is C15H15FN4O2. The van der Waals surface area contributed by atoms with Crippen molar-refractivity contribution in [2.24, 2.45) is 5.73 Å². The van der Waals surface area contributed by atoms with Gasteiger partial charge < -0.3 is 11.1 Å². The van der Waals surface area contributed by atoms with Crippen LogP contribution in [0.15, 0.2) is 42.6 Å². The summed E-state index contributed by atoms with van der Waals surface area (Å²) in [6.07, 6.45) is 2.93. The standard InChI is InChI=1S/C15H15FN4O2/c1-10(11-2-4-12(16)5-3-11)8-15(22)18-14-6-7-20(19-14)9-13(17)21/h2-8H,9H2,1H3,(H2,17,21)(H,18,19,22). The molecule has 0 saturated carbocycles. The number of aromatic nitrogens is 2. The highest BCUT2D eigenvalue weighted by atomic mass is 19.1. The Labute approximate surface area is 126 Å². The Bertz CT molecular complexity index is 719. The van der Waals surface area contributed by atoms with Gasteiger partial charge in [0.1, 0.15) is 12.4 Å². The number of benzene rings is 1. The summed E-state index contributed by atoms with van der Waals surface area (Å²) in [5.74, 6) is -0.908. The molecule has 0 spiro atoms. The average Bonchev–Trinajstić information content (AvgIpc) is 2.85. The van der Waals surface area contributed by atoms with E-state index in [1.54, 1.807) is 25.1 Å². The number of hydrogen-bond donors (Lipinski definition) is 2. The maximum atomic E-state index is 12.9. The number of anilines is 1. The van der Waals surface area contributed by atoms with Gasteiger partial charge >= 0.3 is 0 Å². The molecule has 2 rings (SSSR count). The van der Waals surface area contributed by atoms with Crippen molar-refractivity contribution in [1.82, 2.24) is 9.78 Å². The number of nitrogens with zero attached hydrogens (tertiary/aromatic N) is 2. The van der Waals surface area contributed by atoms with Crippen molar-refractivity contribution in [2.75, 3.05) is 5.32 Å². The van der Waals surface area contributed by atoms with Crippen LogP contribution < -0.4 is 11.1 Å². The monoisotopic (exact) mass is 302 g/mol. The molecule has 6 nitrogen and oxygen atoms in total. The number of nitrogens with one attached hydrogen (secondary N) is 1. The second-order valence-corrected chi connectivity index (χ2v) is 4.69. The van der Waals surface area contributed by atoms with Gasteiger partial charge in [-0.25, -0.2) is 4.39 Å². The minimum absolute atomic E-state index is 0.0552. The van der Waals surface area contributed by atoms with Crippen LogP contribution in [0.3, 0.4) is 0 Å². The number of nitrogens with two attached hydrogens (primary N) is 1. The lowest BCUT2D eigenvalue weighted by molar-refractivity contribution is -0.118. The number of allylic oxidation sites excluding steroid dienone is 1. The first-order valence-electron chi connectivity index (χ1n) is 6.51. The zero-order valence-corrected chi connectivity index (χ0v) is 11.9. The van der Waals surface area contributed by atoms with Crippen molar-refractivity contribution < 1.29 is 14.0 Å². The minimum atomic E-state index is -0.520. The minimum Gasteiger partial charge on any atom is -0.368 e. The second kappa shape index (κ2) is 6.66. The molecule has 3 N–H and O–H groups in total. The topological polar surface area (TPSA) is 90.0 Å². The highest BCUT2D eigenvalue weighted by Crippen LogP contribution is 2.14. The molecule has 0 radical (unpaired) electrons. The molecular weight excluding hydrogens is 287 g/mol. The summed E-state index contributed by atoms with van der Waals surface area (Å²) < 4.78 is 14.2. The Hall–Kier alpha value is -2.96. The summed E-state index contributed by atoms with van der Waals surface area (Å²) in [7, 11) is 0. The van der Waals surface area contributed by atoms with Crippen molar-refractivity contribution in [3.8, 4) is 0 Å². The summed E-state index contributed by atoms with van der Waals surface area (Å²) in [6.45, 7) is 1.69. The van der Waals surface area contributed by atoms with E-state index in [0.29, 0.717) is 11.4 Å². The van der Waals surface area contributed by atoms with Crippen LogP contribution in [0, 0.1) is 5.82 Å². The SMILES string of the molecule is CC(=CC(=O)Nc1ccn(CC(N)=O)n1)c1ccc(F)cc1. The first-order chi connectivity index (χ1) is 10.4. The summed E-state index contributed by atoms with van der Waals surface area (Å²) in [6, 6.07) is 7.40. The number of carbonyl (C=O) groups is 2. The normalized spacial score (nSPS) is 11.3. The van der Waals surface area contributed by atoms with E-state index in [1.807, 2.05) is 0 Å². The highest BCUT2D eigenvalue weighted by Gasteiger charge is 2.05. The predicted octanol–water partition coefficient (Wildman–Crippen LogP) is 1.55. The molecule has 0 atom stereocenters. The van der Waals surface area contributed by atoms with Crippen LogP contribution in [0.2, 0.25) is 0 Å². The van der Waals surface area contributed by atoms with E-state index in [1.165, 1.54) is 29.1 Å². The van der Waals surface area contributed by atoms with Gasteiger partial charge in [-0.2, -0.15) is 5.10 Å². The first kappa shape index (κ1) is 15.4. The summed E-state index contributed by atoms with van der Waals surface area (Å²) in [5.41, 5.74) is 6.49. The van der Waals surface area contributed by atoms with Crippen LogP contribution in [0.5, 0.6) is 0 Å². The second-order valence-electron chi connectivity index (χ2n) is 4.69. The van der Waals surface area contributed by atoms with Crippen molar-refractivity contribution in [3.63, 3.8) is 0 Å². The van der Waals surface area contributed by atoms with E-state index >= 15 is 0 Å². The lowest BCUT2D eigenvalue weighted by Crippen LogP contribution is -2.19. The lowest BCUT2D eigenvalue weighted by atomic mass is 10.1. The van der Waals surface area contributed by atoms with Gasteiger partial charge in [-0.1, -0.05) is 12.1 Å². The summed E-state index contributed by atoms with van der Waals surface area (Å²) in [5, 5.41) is 6.56. The smallest absolute Gasteiger partial charge is 0.249 e. The Balaban J connectivity index is 2.02. The van der Waals surface area contributed by atoms with Gasteiger partial charge in [0.2, 0.25) is 11.8 Å². The van der Waals surface area contributed by atoms with Gasteiger partial charge in [-0.3, -0.25) is 14.3 Å². The number of amides is 2. The molecule has 22 heavy (non-hydrogen) atoms. The van der Waals surface area contributed by atoms with E-state index in [9.17, 15) is 14.0 Å². The molecule has 0 unspecified atom stereocenters. The highest BCUT2D eigenvalue weighted by molar-refractivity contribution is 6.03. The van der Waals surface area contributed by atoms with Gasteiger partial charge in [0.25, 0.3) is 0 Å². The largest absolute Gasteiger partial charge is 0.368 e. The fourth-order valence-corrected chi connectivity index (χ4v) is 1.83. The molecule has 0 aliphatic rings. The van der Waals surface area contributed by atoms with E-state index < -0.39 is 5.91 Å². The molecule has 114 valence electrons. The Morgan fingerprint density at radius 3 is 2.64 bits per heavy atom. The number of halogens is 1. The van der Waals surface area contributed by atoms with Crippen LogP contribution in [-0.2, 0) is 16.1 Å². The predicted molar refractivity (Wildman–Crippen MR) is 80.1 cm³/mol. The van der Waals surface area contributed by atoms with Crippen LogP contribution in [-0.4, -0.2) is 21.6 Å². The van der Waals surface area contributed by atoms with E-state index in [4.69, 9.17) is 5.73 Å². The van der Waals surface area contributed by atoms with Crippen LogP contribution in [0.25, 0.3) is 5.57 Å². The fraction of sp³-hybridized carbons (Fsp3) is 0.133. The number of primary amides is 1. The maximum Gasteiger partial charge on any atom is 0.249 e. The number of carbonyl (C=O) groups excluding carboxylic acids is 2. The van der Waals surface area contributed by atoms with Crippen molar-refractivity contribution in [3.05, 3.63) is 54.0 Å². The third-order valence-electron chi connectivity index (χ3n) is 2.86. The molecule has 1 aromatic heterocycles. The van der Waals surface area contributed by atoms with Crippen molar-refractivity contribution in [2.45, 2.75) is 13.5 Å². The molecule has 0 aliphatic heterocycles. The molecule has 1 heterocycles. The van der Waals surface area contributed by atoms with Gasteiger partial charge in [-0.05, 0) is 30.2 Å². The lowest BCUT2D eigenvalue weighted by Gasteiger charge is -2.02. The van der Waals surface area contributed by atoms with Crippen LogP contribution in [0.1, 0.15) is 12.5 Å². The Kier molecular flexibility index (Phi) is 4.67. The molecule has 7 heteroatoms. The summed E-state index contributed by atoms with van der Waals surface area (Å²) >= 11 is 0. The Morgan fingerprint density at radius 2 is 2.00 bits per heavy atom. The van der Waals surface area contributed by atoms with E-state index in [-0.39, 0.29) is 18.3 Å². The van der Waals surface area contributed by atoms with Crippen molar-refractivity contribution >= 4 is 23.2 Å². The fourth-order valence-electron chi connectivity index (χ4n) is 1.83. The molecule has 0 saturated heterocycles. The van der Waals surface area contributed by atoms with Gasteiger partial charge in [0, 0.05) is 18.3 Å². The number of rotatable bonds is 5. The van der Waals surface area contributed by atoms with E-state index in [0.717, 1.165) is 5.56 Å². The first-order valence-corrected chi connectivity index (χ1v) is 6.51. The third-order valence-corrected chi connectivity index (χ3v) is 2.86. The molecule has 0 aliphatic carbocycles. The van der Waals surface area contributed by atoms with Crippen LogP contribution in [0.4, 0.5) is 10.2 Å². The van der Waals surface area contributed by atoms with E-state index in [2.05, 4.69) is 10.4 Å². The molecule has 2 aromatic rings. The van der Waals surface area contributed by atoms with Gasteiger partial charge in [-0.15, -0.1) is 0 Å². The zero-order valence-electron chi connectivity index (χ0n) is 11.9. The maximum absolute atomic E-state index is 12.9. The number of hydrogen-bond acceptors (Lipinski definition) is 3. The molecule has 0 fully saturated rings. The quantitative estimate of drug-likeness (QED) is 0.821. The average molecular weight is 302 g/mol. The molecule has 1 aromatic carbocycles.